The lowest BCUT2D eigenvalue weighted by Crippen LogP contribution is -2.47. The Morgan fingerprint density at radius 2 is 2.24 bits per heavy atom. The topological polar surface area (TPSA) is 55.2 Å². The van der Waals surface area contributed by atoms with Crippen molar-refractivity contribution in [2.75, 3.05) is 0 Å². The molecule has 92 valence electrons. The van der Waals surface area contributed by atoms with Crippen LogP contribution in [0, 0.1) is 10.1 Å². The van der Waals surface area contributed by atoms with E-state index in [2.05, 4.69) is 12.2 Å². The zero-order valence-electron chi connectivity index (χ0n) is 9.70. The second kappa shape index (κ2) is 4.63. The third-order valence-electron chi connectivity index (χ3n) is 3.41. The molecule has 1 fully saturated rings. The summed E-state index contributed by atoms with van der Waals surface area (Å²) in [4.78, 5) is 10.5. The monoisotopic (exact) mass is 254 g/mol. The number of nitrogens with one attached hydrogen (secondary N) is 1. The van der Waals surface area contributed by atoms with Crippen LogP contribution in [0.3, 0.4) is 0 Å². The first-order valence-corrected chi connectivity index (χ1v) is 6.06. The summed E-state index contributed by atoms with van der Waals surface area (Å²) in [6.07, 6.45) is 3.50. The van der Waals surface area contributed by atoms with Crippen molar-refractivity contribution in [3.63, 3.8) is 0 Å². The van der Waals surface area contributed by atoms with E-state index in [-0.39, 0.29) is 16.1 Å². The molecule has 0 aromatic heterocycles. The van der Waals surface area contributed by atoms with Crippen LogP contribution in [0.2, 0.25) is 5.02 Å². The Morgan fingerprint density at radius 3 is 2.76 bits per heavy atom. The van der Waals surface area contributed by atoms with Crippen molar-refractivity contribution >= 4 is 17.3 Å². The molecule has 0 atom stereocenters. The lowest BCUT2D eigenvalue weighted by atomic mass is 9.78. The van der Waals surface area contributed by atoms with Crippen molar-refractivity contribution in [3.8, 4) is 0 Å². The Bertz CT molecular complexity index is 444. The fraction of sp³-hybridized carbons (Fsp3) is 0.500. The van der Waals surface area contributed by atoms with E-state index in [0.717, 1.165) is 12.8 Å². The summed E-state index contributed by atoms with van der Waals surface area (Å²) >= 11 is 5.76. The molecule has 0 bridgehead atoms. The molecule has 0 spiro atoms. The van der Waals surface area contributed by atoms with Crippen LogP contribution in [0.1, 0.15) is 31.7 Å². The van der Waals surface area contributed by atoms with Gasteiger partial charge in [0.15, 0.2) is 0 Å². The molecule has 4 nitrogen and oxygen atoms in total. The Kier molecular flexibility index (Phi) is 3.35. The summed E-state index contributed by atoms with van der Waals surface area (Å²) in [5.74, 6) is 0. The third kappa shape index (κ3) is 2.76. The number of benzene rings is 1. The maximum atomic E-state index is 10.9. The van der Waals surface area contributed by atoms with Crippen LogP contribution >= 0.6 is 11.6 Å². The SMILES string of the molecule is CC1(NCc2ccc(Cl)cc2[N+](=O)[O-])CCC1. The molecule has 0 saturated heterocycles. The van der Waals surface area contributed by atoms with Gasteiger partial charge >= 0.3 is 0 Å². The molecule has 0 heterocycles. The zero-order valence-corrected chi connectivity index (χ0v) is 10.5. The van der Waals surface area contributed by atoms with E-state index in [9.17, 15) is 10.1 Å². The van der Waals surface area contributed by atoms with E-state index in [1.165, 1.54) is 12.5 Å². The largest absolute Gasteiger partial charge is 0.307 e. The highest BCUT2D eigenvalue weighted by Crippen LogP contribution is 2.32. The fourth-order valence-corrected chi connectivity index (χ4v) is 2.22. The van der Waals surface area contributed by atoms with Gasteiger partial charge in [0.1, 0.15) is 0 Å². The summed E-state index contributed by atoms with van der Waals surface area (Å²) in [7, 11) is 0. The lowest BCUT2D eigenvalue weighted by molar-refractivity contribution is -0.385. The second-order valence-electron chi connectivity index (χ2n) is 4.80. The third-order valence-corrected chi connectivity index (χ3v) is 3.64. The van der Waals surface area contributed by atoms with Crippen LogP contribution in [0.25, 0.3) is 0 Å². The standard InChI is InChI=1S/C12H15ClN2O2/c1-12(5-2-6-12)14-8-9-3-4-10(13)7-11(9)15(16)17/h3-4,7,14H,2,5-6,8H2,1H3. The van der Waals surface area contributed by atoms with Crippen LogP contribution in [-0.4, -0.2) is 10.5 Å². The molecule has 17 heavy (non-hydrogen) atoms. The van der Waals surface area contributed by atoms with Crippen molar-refractivity contribution in [2.45, 2.75) is 38.3 Å². The minimum Gasteiger partial charge on any atom is -0.307 e. The molecular weight excluding hydrogens is 240 g/mol. The highest BCUT2D eigenvalue weighted by Gasteiger charge is 2.31. The maximum absolute atomic E-state index is 10.9. The molecule has 1 aromatic carbocycles. The second-order valence-corrected chi connectivity index (χ2v) is 5.23. The molecule has 0 radical (unpaired) electrons. The molecule has 1 aromatic rings. The number of hydrogen-bond donors (Lipinski definition) is 1. The number of nitro benzene ring substituents is 1. The van der Waals surface area contributed by atoms with Crippen LogP contribution in [-0.2, 0) is 6.54 Å². The van der Waals surface area contributed by atoms with E-state index < -0.39 is 0 Å². The highest BCUT2D eigenvalue weighted by atomic mass is 35.5. The van der Waals surface area contributed by atoms with Gasteiger partial charge in [-0.15, -0.1) is 0 Å². The van der Waals surface area contributed by atoms with Crippen molar-refractivity contribution in [3.05, 3.63) is 38.9 Å². The summed E-state index contributed by atoms with van der Waals surface area (Å²) < 4.78 is 0. The normalized spacial score (nSPS) is 17.5. The van der Waals surface area contributed by atoms with Gasteiger partial charge in [0.2, 0.25) is 0 Å². The summed E-state index contributed by atoms with van der Waals surface area (Å²) in [5.41, 5.74) is 0.925. The predicted octanol–water partition coefficient (Wildman–Crippen LogP) is 3.28. The summed E-state index contributed by atoms with van der Waals surface area (Å²) in [6.45, 7) is 2.67. The van der Waals surface area contributed by atoms with Crippen LogP contribution in [0.15, 0.2) is 18.2 Å². The van der Waals surface area contributed by atoms with Crippen molar-refractivity contribution in [2.24, 2.45) is 0 Å². The molecule has 0 unspecified atom stereocenters. The number of nitrogens with zero attached hydrogens (tertiary/aromatic N) is 1. The first-order chi connectivity index (χ1) is 8.00. The van der Waals surface area contributed by atoms with Crippen molar-refractivity contribution < 1.29 is 4.92 Å². The number of hydrogen-bond acceptors (Lipinski definition) is 3. The van der Waals surface area contributed by atoms with Gasteiger partial charge < -0.3 is 5.32 Å². The Morgan fingerprint density at radius 1 is 1.53 bits per heavy atom. The van der Waals surface area contributed by atoms with Gasteiger partial charge in [-0.1, -0.05) is 11.6 Å². The summed E-state index contributed by atoms with van der Waals surface area (Å²) in [5, 5.41) is 14.7. The van der Waals surface area contributed by atoms with E-state index in [1.807, 2.05) is 0 Å². The van der Waals surface area contributed by atoms with Crippen molar-refractivity contribution in [1.82, 2.24) is 5.32 Å². The molecule has 2 rings (SSSR count). The molecule has 0 amide bonds. The molecular formula is C12H15ClN2O2. The van der Waals surface area contributed by atoms with Gasteiger partial charge in [-0.2, -0.15) is 0 Å². The minimum absolute atomic E-state index is 0.0907. The average molecular weight is 255 g/mol. The van der Waals surface area contributed by atoms with E-state index in [1.54, 1.807) is 12.1 Å². The van der Waals surface area contributed by atoms with Gasteiger partial charge in [0.05, 0.1) is 4.92 Å². The van der Waals surface area contributed by atoms with Gasteiger partial charge in [0, 0.05) is 28.7 Å². The molecule has 1 aliphatic rings. The predicted molar refractivity (Wildman–Crippen MR) is 67.2 cm³/mol. The fourth-order valence-electron chi connectivity index (χ4n) is 2.05. The van der Waals surface area contributed by atoms with E-state index in [0.29, 0.717) is 17.1 Å². The number of halogens is 1. The van der Waals surface area contributed by atoms with Crippen LogP contribution in [0.5, 0.6) is 0 Å². The first-order valence-electron chi connectivity index (χ1n) is 5.68. The van der Waals surface area contributed by atoms with Crippen LogP contribution in [0.4, 0.5) is 5.69 Å². The number of rotatable bonds is 4. The maximum Gasteiger partial charge on any atom is 0.275 e. The number of nitro groups is 1. The first kappa shape index (κ1) is 12.3. The quantitative estimate of drug-likeness (QED) is 0.663. The molecule has 1 aliphatic carbocycles. The van der Waals surface area contributed by atoms with Gasteiger partial charge in [-0.3, -0.25) is 10.1 Å². The lowest BCUT2D eigenvalue weighted by Gasteiger charge is -2.39. The minimum atomic E-state index is -0.383. The van der Waals surface area contributed by atoms with Gasteiger partial charge in [0.25, 0.3) is 5.69 Å². The van der Waals surface area contributed by atoms with E-state index >= 15 is 0 Å². The molecule has 0 aliphatic heterocycles. The Hall–Kier alpha value is -1.13. The Labute approximate surface area is 105 Å². The van der Waals surface area contributed by atoms with Crippen LogP contribution < -0.4 is 5.32 Å². The molecule has 1 N–H and O–H groups in total. The molecule has 5 heteroatoms. The zero-order chi connectivity index (χ0) is 12.5. The summed E-state index contributed by atoms with van der Waals surface area (Å²) in [6, 6.07) is 4.81. The highest BCUT2D eigenvalue weighted by molar-refractivity contribution is 6.30. The Balaban J connectivity index is 2.12. The van der Waals surface area contributed by atoms with E-state index in [4.69, 9.17) is 11.6 Å². The molecule has 1 saturated carbocycles. The van der Waals surface area contributed by atoms with Crippen molar-refractivity contribution in [1.29, 1.82) is 0 Å². The van der Waals surface area contributed by atoms with Gasteiger partial charge in [-0.25, -0.2) is 0 Å². The average Bonchev–Trinajstić information content (AvgIpc) is 2.24. The smallest absolute Gasteiger partial charge is 0.275 e. The van der Waals surface area contributed by atoms with Gasteiger partial charge in [-0.05, 0) is 38.3 Å².